The average Bonchev–Trinajstić information content (AvgIpc) is 3.04. The van der Waals surface area contributed by atoms with Crippen LogP contribution in [0.5, 0.6) is 0 Å². The predicted molar refractivity (Wildman–Crippen MR) is 125 cm³/mol. The Balaban J connectivity index is 1.76. The lowest BCUT2D eigenvalue weighted by atomic mass is 9.82. The SMILES string of the molecule is CC1=CC[C@@H]2C(=O)N(N(C(=O)c3ccccc3Cl)[C@@H](C)C(=O)c3ccc(Cl)cc3)C(=O)[C@H]2C1. The zero-order chi connectivity index (χ0) is 23.9. The molecule has 4 rings (SSSR count). The highest BCUT2D eigenvalue weighted by Gasteiger charge is 2.53. The van der Waals surface area contributed by atoms with Gasteiger partial charge in [0.15, 0.2) is 5.78 Å². The van der Waals surface area contributed by atoms with Gasteiger partial charge in [0, 0.05) is 10.6 Å². The minimum absolute atomic E-state index is 0.0969. The summed E-state index contributed by atoms with van der Waals surface area (Å²) in [6, 6.07) is 11.4. The molecule has 1 aliphatic heterocycles. The van der Waals surface area contributed by atoms with Crippen molar-refractivity contribution in [1.82, 2.24) is 10.0 Å². The van der Waals surface area contributed by atoms with Gasteiger partial charge in [0.25, 0.3) is 17.7 Å². The van der Waals surface area contributed by atoms with Crippen molar-refractivity contribution in [1.29, 1.82) is 0 Å². The first-order valence-corrected chi connectivity index (χ1v) is 11.4. The van der Waals surface area contributed by atoms with Gasteiger partial charge in [-0.25, -0.2) is 5.01 Å². The Kier molecular flexibility index (Phi) is 6.41. The molecular formula is C25H22Cl2N2O4. The summed E-state index contributed by atoms with van der Waals surface area (Å²) >= 11 is 12.2. The molecule has 3 atom stereocenters. The highest BCUT2D eigenvalue weighted by Crippen LogP contribution is 2.39. The molecule has 0 spiro atoms. The van der Waals surface area contributed by atoms with Crippen molar-refractivity contribution < 1.29 is 19.2 Å². The fraction of sp³-hybridized carbons (Fsp3) is 0.280. The standard InChI is InChI=1S/C25H22Cl2N2O4/c1-14-7-12-18-20(13-14)25(33)29(23(18)31)28(24(32)19-5-3-4-6-21(19)27)15(2)22(30)16-8-10-17(26)11-9-16/h3-11,15,18,20H,12-13H2,1-2H3/t15-,18-,20-/m0/s1. The van der Waals surface area contributed by atoms with Crippen molar-refractivity contribution in [2.75, 3.05) is 0 Å². The summed E-state index contributed by atoms with van der Waals surface area (Å²) < 4.78 is 0. The van der Waals surface area contributed by atoms with Crippen LogP contribution in [0.4, 0.5) is 0 Å². The zero-order valence-electron chi connectivity index (χ0n) is 18.1. The molecule has 0 radical (unpaired) electrons. The van der Waals surface area contributed by atoms with E-state index in [1.165, 1.54) is 13.0 Å². The average molecular weight is 485 g/mol. The van der Waals surface area contributed by atoms with Gasteiger partial charge in [0.2, 0.25) is 0 Å². The van der Waals surface area contributed by atoms with Gasteiger partial charge in [-0.15, -0.1) is 0 Å². The number of ketones is 1. The van der Waals surface area contributed by atoms with E-state index in [9.17, 15) is 19.2 Å². The van der Waals surface area contributed by atoms with Gasteiger partial charge in [0.05, 0.1) is 22.4 Å². The fourth-order valence-electron chi connectivity index (χ4n) is 4.40. The minimum atomic E-state index is -1.14. The number of carbonyl (C=O) groups is 4. The molecule has 0 aromatic heterocycles. The molecule has 2 aliphatic rings. The Morgan fingerprint density at radius 2 is 1.64 bits per heavy atom. The minimum Gasteiger partial charge on any atom is -0.292 e. The number of nitrogens with zero attached hydrogens (tertiary/aromatic N) is 2. The van der Waals surface area contributed by atoms with Crippen molar-refractivity contribution in [3.63, 3.8) is 0 Å². The van der Waals surface area contributed by atoms with E-state index in [0.29, 0.717) is 23.4 Å². The van der Waals surface area contributed by atoms with E-state index >= 15 is 0 Å². The molecule has 33 heavy (non-hydrogen) atoms. The number of amides is 3. The molecule has 1 aliphatic carbocycles. The lowest BCUT2D eigenvalue weighted by Crippen LogP contribution is -2.56. The Labute approximate surface area is 201 Å². The molecule has 0 bridgehead atoms. The van der Waals surface area contributed by atoms with Crippen LogP contribution in [-0.4, -0.2) is 39.6 Å². The number of imide groups is 1. The van der Waals surface area contributed by atoms with Crippen molar-refractivity contribution in [3.05, 3.63) is 81.4 Å². The van der Waals surface area contributed by atoms with Gasteiger partial charge in [0.1, 0.15) is 6.04 Å². The molecule has 0 saturated carbocycles. The Morgan fingerprint density at radius 1 is 1.00 bits per heavy atom. The molecule has 6 nitrogen and oxygen atoms in total. The van der Waals surface area contributed by atoms with Crippen LogP contribution < -0.4 is 0 Å². The molecule has 2 aromatic rings. The van der Waals surface area contributed by atoms with Crippen molar-refractivity contribution in [2.45, 2.75) is 32.7 Å². The summed E-state index contributed by atoms with van der Waals surface area (Å²) in [5.41, 5.74) is 1.42. The van der Waals surface area contributed by atoms with E-state index in [0.717, 1.165) is 15.6 Å². The normalized spacial score (nSPS) is 20.8. The number of carbonyl (C=O) groups excluding carboxylic acids is 4. The van der Waals surface area contributed by atoms with Gasteiger partial charge in [-0.05, 0) is 63.1 Å². The molecule has 1 fully saturated rings. The third-order valence-corrected chi connectivity index (χ3v) is 6.78. The first-order chi connectivity index (χ1) is 15.7. The maximum Gasteiger partial charge on any atom is 0.275 e. The van der Waals surface area contributed by atoms with Gasteiger partial charge < -0.3 is 0 Å². The van der Waals surface area contributed by atoms with Crippen molar-refractivity contribution in [3.8, 4) is 0 Å². The second kappa shape index (κ2) is 9.12. The van der Waals surface area contributed by atoms with Crippen LogP contribution in [0.25, 0.3) is 0 Å². The first-order valence-electron chi connectivity index (χ1n) is 10.6. The summed E-state index contributed by atoms with van der Waals surface area (Å²) in [6.07, 6.45) is 2.81. The second-order valence-corrected chi connectivity index (χ2v) is 9.21. The zero-order valence-corrected chi connectivity index (χ0v) is 19.6. The molecule has 170 valence electrons. The number of hydrogen-bond acceptors (Lipinski definition) is 4. The van der Waals surface area contributed by atoms with Crippen LogP contribution in [0.2, 0.25) is 10.0 Å². The van der Waals surface area contributed by atoms with Crippen molar-refractivity contribution >= 4 is 46.7 Å². The van der Waals surface area contributed by atoms with Crippen LogP contribution in [0.3, 0.4) is 0 Å². The Bertz CT molecular complexity index is 1180. The molecule has 8 heteroatoms. The number of rotatable bonds is 5. The largest absolute Gasteiger partial charge is 0.292 e. The highest BCUT2D eigenvalue weighted by atomic mass is 35.5. The molecule has 0 unspecified atom stereocenters. The van der Waals surface area contributed by atoms with E-state index in [1.54, 1.807) is 42.5 Å². The quantitative estimate of drug-likeness (QED) is 0.341. The molecule has 3 amide bonds. The number of hydrazine groups is 1. The molecule has 1 heterocycles. The van der Waals surface area contributed by atoms with Gasteiger partial charge in [-0.1, -0.05) is 47.0 Å². The van der Waals surface area contributed by atoms with Gasteiger partial charge in [-0.2, -0.15) is 5.01 Å². The number of benzene rings is 2. The maximum atomic E-state index is 13.7. The number of fused-ring (bicyclic) bond motifs is 1. The number of hydrogen-bond donors (Lipinski definition) is 0. The number of allylic oxidation sites excluding steroid dienone is 2. The Hall–Kier alpha value is -2.96. The van der Waals surface area contributed by atoms with E-state index in [2.05, 4.69) is 0 Å². The monoisotopic (exact) mass is 484 g/mol. The lowest BCUT2D eigenvalue weighted by molar-refractivity contribution is -0.156. The summed E-state index contributed by atoms with van der Waals surface area (Å²) in [4.78, 5) is 53.7. The van der Waals surface area contributed by atoms with Crippen LogP contribution in [-0.2, 0) is 9.59 Å². The van der Waals surface area contributed by atoms with Gasteiger partial charge >= 0.3 is 0 Å². The Morgan fingerprint density at radius 3 is 2.30 bits per heavy atom. The molecule has 1 saturated heterocycles. The first kappa shape index (κ1) is 23.2. The molecule has 2 aromatic carbocycles. The summed E-state index contributed by atoms with van der Waals surface area (Å²) in [5, 5.41) is 2.45. The number of halogens is 2. The topological polar surface area (TPSA) is 74.8 Å². The van der Waals surface area contributed by atoms with Gasteiger partial charge in [-0.3, -0.25) is 19.2 Å². The van der Waals surface area contributed by atoms with Crippen LogP contribution in [0, 0.1) is 11.8 Å². The maximum absolute atomic E-state index is 13.7. The smallest absolute Gasteiger partial charge is 0.275 e. The molecular weight excluding hydrogens is 463 g/mol. The van der Waals surface area contributed by atoms with Crippen LogP contribution >= 0.6 is 23.2 Å². The highest BCUT2D eigenvalue weighted by molar-refractivity contribution is 6.34. The van der Waals surface area contributed by atoms with E-state index in [1.807, 2.05) is 13.0 Å². The summed E-state index contributed by atoms with van der Waals surface area (Å²) in [7, 11) is 0. The third kappa shape index (κ3) is 4.21. The lowest BCUT2D eigenvalue weighted by Gasteiger charge is -2.35. The van der Waals surface area contributed by atoms with E-state index < -0.39 is 41.4 Å². The van der Waals surface area contributed by atoms with E-state index in [-0.39, 0.29) is 10.6 Å². The fourth-order valence-corrected chi connectivity index (χ4v) is 4.74. The van der Waals surface area contributed by atoms with Crippen LogP contribution in [0.1, 0.15) is 47.4 Å². The third-order valence-electron chi connectivity index (χ3n) is 6.20. The van der Waals surface area contributed by atoms with Crippen molar-refractivity contribution in [2.24, 2.45) is 11.8 Å². The predicted octanol–water partition coefficient (Wildman–Crippen LogP) is 4.96. The second-order valence-electron chi connectivity index (χ2n) is 8.37. The van der Waals surface area contributed by atoms with Crippen LogP contribution in [0.15, 0.2) is 60.2 Å². The van der Waals surface area contributed by atoms with E-state index in [4.69, 9.17) is 23.2 Å². The number of Topliss-reactive ketones (excluding diaryl/α,β-unsaturated/α-hetero) is 1. The summed E-state index contributed by atoms with van der Waals surface area (Å²) in [5.74, 6) is -3.20. The summed E-state index contributed by atoms with van der Waals surface area (Å²) in [6.45, 7) is 3.41. The molecule has 0 N–H and O–H groups in total.